The zero-order valence-corrected chi connectivity index (χ0v) is 18.9. The van der Waals surface area contributed by atoms with Gasteiger partial charge in [0.15, 0.2) is 0 Å². The van der Waals surface area contributed by atoms with Crippen LogP contribution in [0.2, 0.25) is 0 Å². The molecule has 5 rings (SSSR count). The second-order valence-electron chi connectivity index (χ2n) is 8.55. The molecule has 2 N–H and O–H groups in total. The van der Waals surface area contributed by atoms with Crippen LogP contribution < -0.4 is 10.2 Å². The van der Waals surface area contributed by atoms with Crippen LogP contribution in [-0.2, 0) is 5.54 Å². The molecule has 4 aromatic heterocycles. The number of hydrogen-bond donors (Lipinski definition) is 2. The van der Waals surface area contributed by atoms with Crippen LogP contribution in [0.4, 0.5) is 19.0 Å². The summed E-state index contributed by atoms with van der Waals surface area (Å²) in [5.41, 5.74) is 1.36. The average molecular weight is 496 g/mol. The summed E-state index contributed by atoms with van der Waals surface area (Å²) in [5, 5.41) is 16.7. The van der Waals surface area contributed by atoms with Crippen molar-refractivity contribution in [2.45, 2.75) is 31.1 Å². The van der Waals surface area contributed by atoms with Crippen LogP contribution in [0.1, 0.15) is 23.8 Å². The van der Waals surface area contributed by atoms with Gasteiger partial charge in [0.2, 0.25) is 0 Å². The topological polar surface area (TPSA) is 141 Å². The van der Waals surface area contributed by atoms with Crippen molar-refractivity contribution in [2.75, 3.05) is 18.0 Å². The summed E-state index contributed by atoms with van der Waals surface area (Å²) < 4.78 is 39.8. The average Bonchev–Trinajstić information content (AvgIpc) is 3.50. The predicted octanol–water partition coefficient (Wildman–Crippen LogP) is 2.42. The molecule has 1 fully saturated rings. The molecule has 1 unspecified atom stereocenters. The Labute approximate surface area is 202 Å². The lowest BCUT2D eigenvalue weighted by Crippen LogP contribution is -2.63. The molecule has 1 aliphatic heterocycles. The second-order valence-corrected chi connectivity index (χ2v) is 8.55. The number of nitrogens with one attached hydrogen (secondary N) is 2. The van der Waals surface area contributed by atoms with Crippen LogP contribution in [-0.4, -0.2) is 65.9 Å². The van der Waals surface area contributed by atoms with E-state index in [1.54, 1.807) is 17.1 Å². The monoisotopic (exact) mass is 496 g/mol. The van der Waals surface area contributed by atoms with Crippen LogP contribution in [0.25, 0.3) is 22.3 Å². The summed E-state index contributed by atoms with van der Waals surface area (Å²) in [7, 11) is 0. The molecule has 1 saturated heterocycles. The van der Waals surface area contributed by atoms with Crippen molar-refractivity contribution in [3.05, 3.63) is 49.1 Å². The number of alkyl halides is 3. The predicted molar refractivity (Wildman–Crippen MR) is 121 cm³/mol. The maximum absolute atomic E-state index is 12.7. The fraction of sp³-hybridized carbons (Fsp3) is 0.318. The third-order valence-corrected chi connectivity index (χ3v) is 6.11. The lowest BCUT2D eigenvalue weighted by atomic mass is 9.87. The fourth-order valence-corrected chi connectivity index (χ4v) is 4.07. The Morgan fingerprint density at radius 2 is 2.06 bits per heavy atom. The van der Waals surface area contributed by atoms with Gasteiger partial charge < -0.3 is 15.2 Å². The van der Waals surface area contributed by atoms with E-state index in [0.717, 1.165) is 29.8 Å². The number of aromatic nitrogens is 7. The molecule has 4 aromatic rings. The molecular formula is C22H19F3N10O. The molecule has 11 nitrogen and oxygen atoms in total. The summed E-state index contributed by atoms with van der Waals surface area (Å²) in [6.07, 6.45) is 4.85. The first-order chi connectivity index (χ1) is 17.2. The third-order valence-electron chi connectivity index (χ3n) is 6.11. The number of hydrogen-bond acceptors (Lipinski definition) is 8. The van der Waals surface area contributed by atoms with Crippen molar-refractivity contribution < 1.29 is 18.0 Å². The van der Waals surface area contributed by atoms with Crippen LogP contribution in [0.15, 0.2) is 43.4 Å². The quantitative estimate of drug-likeness (QED) is 0.415. The summed E-state index contributed by atoms with van der Waals surface area (Å²) in [4.78, 5) is 33.6. The van der Waals surface area contributed by atoms with Crippen LogP contribution >= 0.6 is 0 Å². The first-order valence-corrected chi connectivity index (χ1v) is 10.9. The van der Waals surface area contributed by atoms with Gasteiger partial charge in [-0.05, 0) is 13.0 Å². The Hall–Kier alpha value is -4.54. The molecule has 36 heavy (non-hydrogen) atoms. The van der Waals surface area contributed by atoms with Gasteiger partial charge in [0.1, 0.15) is 35.1 Å². The minimum atomic E-state index is -4.56. The van der Waals surface area contributed by atoms with Gasteiger partial charge in [-0.2, -0.15) is 23.5 Å². The number of H-pyrrole nitrogens is 1. The summed E-state index contributed by atoms with van der Waals surface area (Å²) in [6.45, 7) is 1.65. The van der Waals surface area contributed by atoms with E-state index in [1.165, 1.54) is 12.5 Å². The number of carbonyl (C=O) groups excluding carboxylic acids is 1. The first kappa shape index (κ1) is 23.2. The van der Waals surface area contributed by atoms with E-state index in [1.807, 2.05) is 22.5 Å². The van der Waals surface area contributed by atoms with Gasteiger partial charge in [-0.3, -0.25) is 9.48 Å². The Balaban J connectivity index is 1.31. The Kier molecular flexibility index (Phi) is 5.54. The highest BCUT2D eigenvalue weighted by molar-refractivity contribution is 5.92. The van der Waals surface area contributed by atoms with Crippen molar-refractivity contribution in [3.8, 4) is 17.3 Å². The lowest BCUT2D eigenvalue weighted by Gasteiger charge is -2.49. The number of halogens is 3. The normalized spacial score (nSPS) is 15.8. The van der Waals surface area contributed by atoms with Crippen LogP contribution in [0.5, 0.6) is 0 Å². The smallest absolute Gasteiger partial charge is 0.350 e. The van der Waals surface area contributed by atoms with E-state index >= 15 is 0 Å². The van der Waals surface area contributed by atoms with Gasteiger partial charge in [-0.1, -0.05) is 0 Å². The SMILES string of the molecule is CC(NC(=O)c1cnc(N2CC(CC#N)(n3cc(-c4ncnc5[nH]ccc45)cn3)C2)cn1)C(F)(F)F. The van der Waals surface area contributed by atoms with E-state index in [4.69, 9.17) is 0 Å². The molecule has 1 aliphatic rings. The highest BCUT2D eigenvalue weighted by Crippen LogP contribution is 2.36. The number of nitriles is 1. The molecular weight excluding hydrogens is 477 g/mol. The van der Waals surface area contributed by atoms with Crippen LogP contribution in [0.3, 0.4) is 0 Å². The number of amides is 1. The van der Waals surface area contributed by atoms with Crippen molar-refractivity contribution in [1.82, 2.24) is 40.0 Å². The van der Waals surface area contributed by atoms with E-state index in [0.29, 0.717) is 24.6 Å². The zero-order chi connectivity index (χ0) is 25.5. The summed E-state index contributed by atoms with van der Waals surface area (Å²) in [6, 6.07) is 2.08. The number of aromatic amines is 1. The maximum atomic E-state index is 12.7. The molecule has 184 valence electrons. The van der Waals surface area contributed by atoms with Gasteiger partial charge in [-0.25, -0.2) is 19.9 Å². The first-order valence-electron chi connectivity index (χ1n) is 10.9. The highest BCUT2D eigenvalue weighted by atomic mass is 19.4. The molecule has 1 atom stereocenters. The summed E-state index contributed by atoms with van der Waals surface area (Å²) in [5.74, 6) is -0.534. The number of carbonyl (C=O) groups is 1. The van der Waals surface area contributed by atoms with E-state index in [9.17, 15) is 23.2 Å². The molecule has 1 amide bonds. The zero-order valence-electron chi connectivity index (χ0n) is 18.9. The van der Waals surface area contributed by atoms with E-state index < -0.39 is 23.7 Å². The minimum Gasteiger partial charge on any atom is -0.350 e. The van der Waals surface area contributed by atoms with Crippen molar-refractivity contribution in [1.29, 1.82) is 5.26 Å². The van der Waals surface area contributed by atoms with Crippen molar-refractivity contribution >= 4 is 22.8 Å². The molecule has 0 spiro atoms. The van der Waals surface area contributed by atoms with Gasteiger partial charge in [0.25, 0.3) is 5.91 Å². The van der Waals surface area contributed by atoms with Crippen molar-refractivity contribution in [2.24, 2.45) is 0 Å². The Bertz CT molecular complexity index is 1450. The largest absolute Gasteiger partial charge is 0.408 e. The second kappa shape index (κ2) is 8.59. The van der Waals surface area contributed by atoms with Crippen molar-refractivity contribution in [3.63, 3.8) is 0 Å². The number of nitrogens with zero attached hydrogens (tertiary/aromatic N) is 8. The van der Waals surface area contributed by atoms with Gasteiger partial charge in [-0.15, -0.1) is 0 Å². The Morgan fingerprint density at radius 1 is 1.25 bits per heavy atom. The van der Waals surface area contributed by atoms with E-state index in [-0.39, 0.29) is 12.1 Å². The number of rotatable bonds is 6. The molecule has 5 heterocycles. The molecule has 0 aliphatic carbocycles. The van der Waals surface area contributed by atoms with E-state index in [2.05, 4.69) is 36.1 Å². The number of fused-ring (bicyclic) bond motifs is 1. The fourth-order valence-electron chi connectivity index (χ4n) is 4.07. The minimum absolute atomic E-state index is 0.192. The molecule has 0 bridgehead atoms. The standard InChI is InChI=1S/C22H19F3N10O/c1-13(22(23,24)25)33-20(36)16-7-29-17(8-28-16)34-10-21(11-34,3-4-26)35-9-14(6-32-35)18-15-2-5-27-19(15)31-12-30-18/h2,5-9,12-13H,3,10-11H2,1H3,(H,33,36)(H,27,30,31). The molecule has 14 heteroatoms. The lowest BCUT2D eigenvalue weighted by molar-refractivity contribution is -0.149. The van der Waals surface area contributed by atoms with Gasteiger partial charge >= 0.3 is 6.18 Å². The van der Waals surface area contributed by atoms with Gasteiger partial charge in [0, 0.05) is 36.4 Å². The molecule has 0 saturated carbocycles. The highest BCUT2D eigenvalue weighted by Gasteiger charge is 2.46. The summed E-state index contributed by atoms with van der Waals surface area (Å²) >= 11 is 0. The Morgan fingerprint density at radius 3 is 2.75 bits per heavy atom. The van der Waals surface area contributed by atoms with Gasteiger partial charge in [0.05, 0.1) is 36.8 Å². The molecule has 0 radical (unpaired) electrons. The third kappa shape index (κ3) is 4.08. The van der Waals surface area contributed by atoms with Crippen LogP contribution in [0, 0.1) is 11.3 Å². The molecule has 0 aromatic carbocycles. The number of anilines is 1. The maximum Gasteiger partial charge on any atom is 0.408 e.